The van der Waals surface area contributed by atoms with Crippen molar-refractivity contribution in [2.24, 2.45) is 0 Å². The Morgan fingerprint density at radius 3 is 2.11 bits per heavy atom. The van der Waals surface area contributed by atoms with Crippen LogP contribution in [0.4, 0.5) is 0 Å². The molecule has 3 nitrogen and oxygen atoms in total. The Bertz CT molecular complexity index is 406. The molecular weight excluding hydrogens is 248 g/mol. The number of epoxide rings is 2. The van der Waals surface area contributed by atoms with Crippen LogP contribution in [0, 0.1) is 0 Å². The molecule has 1 aromatic rings. The fraction of sp³-hybridized carbons (Fsp3) is 0.429. The Kier molecular flexibility index (Phi) is 3.70. The van der Waals surface area contributed by atoms with Gasteiger partial charge in [0, 0.05) is 15.4 Å². The predicted molar refractivity (Wildman–Crippen MR) is 71.0 cm³/mol. The van der Waals surface area contributed by atoms with Crippen LogP contribution in [0.25, 0.3) is 6.08 Å². The highest BCUT2D eigenvalue weighted by Crippen LogP contribution is 2.44. The van der Waals surface area contributed by atoms with Crippen molar-refractivity contribution in [2.45, 2.75) is 22.0 Å². The molecule has 5 rings (SSSR count). The van der Waals surface area contributed by atoms with Gasteiger partial charge in [-0.3, -0.25) is 0 Å². The normalized spacial score (nSPS) is 25.6. The summed E-state index contributed by atoms with van der Waals surface area (Å²) in [5.41, 5.74) is 1.32. The molecule has 2 fully saturated rings. The minimum absolute atomic E-state index is 0.392. The number of fused-ring (bicyclic) bond motifs is 2. The molecule has 0 N–H and O–H groups in total. The first-order valence-electron chi connectivity index (χ1n) is 6.11. The lowest BCUT2D eigenvalue weighted by molar-refractivity contribution is 0.102. The van der Waals surface area contributed by atoms with E-state index < -0.39 is 0 Å². The second-order valence-electron chi connectivity index (χ2n) is 4.42. The van der Waals surface area contributed by atoms with E-state index in [-0.39, 0.29) is 0 Å². The molecule has 2 bridgehead atoms. The van der Waals surface area contributed by atoms with Crippen molar-refractivity contribution in [3.05, 3.63) is 30.3 Å². The summed E-state index contributed by atoms with van der Waals surface area (Å²) >= 11 is 1.83. The van der Waals surface area contributed by atoms with Crippen LogP contribution >= 0.6 is 11.8 Å². The molecule has 0 spiro atoms. The van der Waals surface area contributed by atoms with Gasteiger partial charge in [0.2, 0.25) is 0 Å². The van der Waals surface area contributed by atoms with Gasteiger partial charge in [-0.15, -0.1) is 0 Å². The van der Waals surface area contributed by atoms with Gasteiger partial charge in [-0.1, -0.05) is 30.5 Å². The molecule has 4 heteroatoms. The summed E-state index contributed by atoms with van der Waals surface area (Å²) in [5, 5.41) is 0. The Labute approximate surface area is 111 Å². The van der Waals surface area contributed by atoms with Crippen LogP contribution in [0.1, 0.15) is 5.56 Å². The highest BCUT2D eigenvalue weighted by atomic mass is 32.2. The Balaban J connectivity index is 0.000000111. The van der Waals surface area contributed by atoms with E-state index in [2.05, 4.69) is 24.8 Å². The summed E-state index contributed by atoms with van der Waals surface area (Å²) in [7, 11) is 0. The monoisotopic (exact) mass is 264 g/mol. The summed E-state index contributed by atoms with van der Waals surface area (Å²) in [6, 6.07) is 6.32. The second-order valence-corrected chi connectivity index (χ2v) is 5.51. The van der Waals surface area contributed by atoms with Gasteiger partial charge in [0.05, 0.1) is 26.4 Å². The van der Waals surface area contributed by atoms with Crippen molar-refractivity contribution in [3.8, 4) is 0 Å². The van der Waals surface area contributed by atoms with E-state index in [1.807, 2.05) is 17.8 Å². The molecule has 2 unspecified atom stereocenters. The second kappa shape index (κ2) is 5.45. The lowest BCUT2D eigenvalue weighted by atomic mass is 10.2. The van der Waals surface area contributed by atoms with Crippen molar-refractivity contribution in [3.63, 3.8) is 0 Å². The summed E-state index contributed by atoms with van der Waals surface area (Å²) in [4.78, 5) is 2.73. The number of hydrogen-bond acceptors (Lipinski definition) is 4. The molecule has 0 radical (unpaired) electrons. The third kappa shape index (κ3) is 3.14. The van der Waals surface area contributed by atoms with Crippen LogP contribution in [0.15, 0.2) is 34.6 Å². The lowest BCUT2D eigenvalue weighted by Gasteiger charge is -2.18. The standard InChI is InChI=1S/C8H6S.C6H10O3/c1-2-6-7-4-3-5-8(6)9-7;1(5-3-8-5)7-2-6-4-9-6/h2-5H,1H2;5-6H,1-4H2. The van der Waals surface area contributed by atoms with Crippen molar-refractivity contribution in [1.29, 1.82) is 0 Å². The van der Waals surface area contributed by atoms with Gasteiger partial charge in [-0.25, -0.2) is 0 Å². The van der Waals surface area contributed by atoms with Gasteiger partial charge in [0.1, 0.15) is 12.2 Å². The maximum atomic E-state index is 5.23. The molecule has 1 aromatic carbocycles. The van der Waals surface area contributed by atoms with E-state index in [4.69, 9.17) is 14.2 Å². The summed E-state index contributed by atoms with van der Waals surface area (Å²) < 4.78 is 15.1. The number of ether oxygens (including phenoxy) is 3. The first-order chi connectivity index (χ1) is 8.86. The van der Waals surface area contributed by atoms with Crippen LogP contribution in [-0.4, -0.2) is 38.6 Å². The van der Waals surface area contributed by atoms with Crippen LogP contribution in [0.3, 0.4) is 0 Å². The van der Waals surface area contributed by atoms with Gasteiger partial charge < -0.3 is 14.2 Å². The lowest BCUT2D eigenvalue weighted by Crippen LogP contribution is -2.06. The van der Waals surface area contributed by atoms with Crippen molar-refractivity contribution in [1.82, 2.24) is 0 Å². The third-order valence-corrected chi connectivity index (χ3v) is 4.01. The largest absolute Gasteiger partial charge is 0.376 e. The zero-order valence-electron chi connectivity index (χ0n) is 10.1. The predicted octanol–water partition coefficient (Wildman–Crippen LogP) is 2.59. The molecule has 0 amide bonds. The van der Waals surface area contributed by atoms with Gasteiger partial charge >= 0.3 is 0 Å². The first-order valence-corrected chi connectivity index (χ1v) is 6.92. The van der Waals surface area contributed by atoms with Gasteiger partial charge in [-0.2, -0.15) is 0 Å². The highest BCUT2D eigenvalue weighted by Gasteiger charge is 2.26. The molecule has 0 aromatic heterocycles. The minimum atomic E-state index is 0.392. The van der Waals surface area contributed by atoms with E-state index in [1.165, 1.54) is 15.4 Å². The first kappa shape index (κ1) is 12.2. The van der Waals surface area contributed by atoms with E-state index in [0.29, 0.717) is 12.2 Å². The van der Waals surface area contributed by atoms with Crippen LogP contribution in [0.5, 0.6) is 0 Å². The number of rotatable bonds is 5. The third-order valence-electron chi connectivity index (χ3n) is 2.86. The van der Waals surface area contributed by atoms with Crippen LogP contribution < -0.4 is 0 Å². The van der Waals surface area contributed by atoms with Crippen molar-refractivity contribution in [2.75, 3.05) is 26.4 Å². The zero-order chi connectivity index (χ0) is 12.4. The molecule has 18 heavy (non-hydrogen) atoms. The Hall–Kier alpha value is -0.810. The fourth-order valence-corrected chi connectivity index (χ4v) is 2.62. The number of hydrogen-bond donors (Lipinski definition) is 0. The van der Waals surface area contributed by atoms with E-state index >= 15 is 0 Å². The fourth-order valence-electron chi connectivity index (χ4n) is 1.63. The summed E-state index contributed by atoms with van der Waals surface area (Å²) in [6.45, 7) is 6.98. The Morgan fingerprint density at radius 1 is 1.22 bits per heavy atom. The summed E-state index contributed by atoms with van der Waals surface area (Å²) in [6.07, 6.45) is 2.70. The van der Waals surface area contributed by atoms with E-state index in [0.717, 1.165) is 26.4 Å². The Morgan fingerprint density at radius 2 is 1.78 bits per heavy atom. The summed E-state index contributed by atoms with van der Waals surface area (Å²) in [5.74, 6) is 0. The molecule has 0 aliphatic carbocycles. The number of benzene rings is 1. The maximum Gasteiger partial charge on any atom is 0.104 e. The topological polar surface area (TPSA) is 34.3 Å². The quantitative estimate of drug-likeness (QED) is 0.777. The maximum absolute atomic E-state index is 5.23. The van der Waals surface area contributed by atoms with E-state index in [9.17, 15) is 0 Å². The molecule has 4 heterocycles. The van der Waals surface area contributed by atoms with Crippen LogP contribution in [0.2, 0.25) is 0 Å². The minimum Gasteiger partial charge on any atom is -0.376 e. The van der Waals surface area contributed by atoms with Gasteiger partial charge in [-0.05, 0) is 12.1 Å². The highest BCUT2D eigenvalue weighted by molar-refractivity contribution is 8.00. The van der Waals surface area contributed by atoms with Gasteiger partial charge in [0.15, 0.2) is 0 Å². The van der Waals surface area contributed by atoms with Crippen LogP contribution in [-0.2, 0) is 14.2 Å². The molecule has 96 valence electrons. The smallest absolute Gasteiger partial charge is 0.104 e. The molecule has 2 atom stereocenters. The average molecular weight is 264 g/mol. The molecule has 4 aliphatic rings. The SMILES string of the molecule is C(OCC1CO1)C1CO1.C=Cc1c2cccc1S2. The molecule has 4 aliphatic heterocycles. The van der Waals surface area contributed by atoms with Crippen molar-refractivity contribution < 1.29 is 14.2 Å². The molecule has 2 saturated heterocycles. The average Bonchev–Trinajstić information content (AvgIpc) is 3.26. The van der Waals surface area contributed by atoms with Crippen molar-refractivity contribution >= 4 is 17.8 Å². The van der Waals surface area contributed by atoms with Gasteiger partial charge in [0.25, 0.3) is 0 Å². The van der Waals surface area contributed by atoms with E-state index in [1.54, 1.807) is 0 Å². The zero-order valence-corrected chi connectivity index (χ0v) is 10.9. The molecular formula is C14H16O3S. The molecule has 0 saturated carbocycles.